The minimum Gasteiger partial charge on any atom is -0.370 e. The summed E-state index contributed by atoms with van der Waals surface area (Å²) in [7, 11) is -2.55. The van der Waals surface area contributed by atoms with Crippen molar-refractivity contribution in [1.29, 1.82) is 0 Å². The average Bonchev–Trinajstić information content (AvgIpc) is 3.64. The monoisotopic (exact) mass is 974 g/mol. The number of piperidine rings is 2. The first-order chi connectivity index (χ1) is 31.8. The zero-order valence-corrected chi connectivity index (χ0v) is 39.9. The third-order valence-corrected chi connectivity index (χ3v) is 14.9. The van der Waals surface area contributed by atoms with Crippen molar-refractivity contribution >= 4 is 86.5 Å². The molecule has 4 N–H and O–H groups in total. The summed E-state index contributed by atoms with van der Waals surface area (Å²) in [4.78, 5) is 68.2. The minimum absolute atomic E-state index is 0.181. The minimum atomic E-state index is -2.55. The molecular weight excluding hydrogens is 919 g/mol. The van der Waals surface area contributed by atoms with Gasteiger partial charge in [0.25, 0.3) is 5.91 Å². The number of amides is 4. The molecule has 17 heteroatoms. The van der Waals surface area contributed by atoms with Crippen molar-refractivity contribution < 1.29 is 23.7 Å². The molecule has 4 amide bonds. The maximum atomic E-state index is 13.2. The van der Waals surface area contributed by atoms with Crippen LogP contribution in [0.5, 0.6) is 0 Å². The number of para-hydroxylation sites is 1. The lowest BCUT2D eigenvalue weighted by Gasteiger charge is -2.43. The molecule has 3 fully saturated rings. The summed E-state index contributed by atoms with van der Waals surface area (Å²) in [5, 5.41) is 12.7. The highest BCUT2D eigenvalue weighted by Gasteiger charge is 2.39. The molecule has 1 atom stereocenters. The quantitative estimate of drug-likeness (QED) is 0.0349. The number of benzene rings is 3. The smallest absolute Gasteiger partial charge is 0.255 e. The maximum absolute atomic E-state index is 13.2. The molecule has 0 spiro atoms. The van der Waals surface area contributed by atoms with Crippen molar-refractivity contribution in [3.63, 3.8) is 0 Å². The molecular formula is C49H56BrN10O5P. The standard InChI is InChI=1S/C49H56BrN10O5P/c1-4-44(61)53-40-30-34(52-49-51-31-38(50)46(56-49)54-39-15-8-9-16-43(39)66(2,3)65)17-18-41(40)59-24-21-35(22-25-59)58-28-26-57(27-29-58)23-10-6-5-7-12-33-13-11-14-36-37(33)32-60(48(36)64)42-19-20-45(62)55-47(42)63/h4,8-9,11,13-18,30-31,35,42H,1,5-6,10,19-29,32H2,2-3H3,(H,53,61)(H,55,62,63)(H2,51,52,54,56). The predicted molar refractivity (Wildman–Crippen MR) is 264 cm³/mol. The van der Waals surface area contributed by atoms with E-state index in [1.165, 1.54) is 6.08 Å². The van der Waals surface area contributed by atoms with Crippen molar-refractivity contribution in [1.82, 2.24) is 30.0 Å². The Bertz CT molecular complexity index is 2630. The SMILES string of the molecule is C=CC(=O)Nc1cc(Nc2ncc(Br)c(Nc3ccccc3P(C)(C)=O)n2)ccc1N1CCC(N2CCN(CCCCC#Cc3cccc4c3CN(C3CCC(=O)NC3=O)C4=O)CC2)CC1. The van der Waals surface area contributed by atoms with Gasteiger partial charge in [-0.1, -0.05) is 36.6 Å². The number of nitrogens with zero attached hydrogens (tertiary/aromatic N) is 6. The predicted octanol–water partition coefficient (Wildman–Crippen LogP) is 6.67. The van der Waals surface area contributed by atoms with E-state index in [1.807, 2.05) is 54.6 Å². The van der Waals surface area contributed by atoms with Crippen LogP contribution in [0.1, 0.15) is 66.4 Å². The van der Waals surface area contributed by atoms with E-state index in [-0.39, 0.29) is 24.1 Å². The third-order valence-electron chi connectivity index (χ3n) is 12.7. The van der Waals surface area contributed by atoms with Crippen LogP contribution in [-0.4, -0.2) is 120 Å². The summed E-state index contributed by atoms with van der Waals surface area (Å²) >= 11 is 3.55. The number of unbranched alkanes of at least 4 members (excludes halogenated alkanes) is 2. The van der Waals surface area contributed by atoms with Crippen LogP contribution in [0.4, 0.5) is 34.5 Å². The number of carbonyl (C=O) groups excluding carboxylic acids is 4. The van der Waals surface area contributed by atoms with E-state index in [2.05, 4.69) is 75.3 Å². The Morgan fingerprint density at radius 2 is 1.74 bits per heavy atom. The lowest BCUT2D eigenvalue weighted by atomic mass is 10.0. The lowest BCUT2D eigenvalue weighted by Crippen LogP contribution is -2.53. The van der Waals surface area contributed by atoms with Gasteiger partial charge in [0.15, 0.2) is 0 Å². The molecule has 15 nitrogen and oxygen atoms in total. The molecule has 0 radical (unpaired) electrons. The zero-order chi connectivity index (χ0) is 46.4. The number of hydrogen-bond donors (Lipinski definition) is 4. The van der Waals surface area contributed by atoms with E-state index < -0.39 is 19.1 Å². The van der Waals surface area contributed by atoms with Crippen LogP contribution in [0.15, 0.2) is 84.0 Å². The van der Waals surface area contributed by atoms with Crippen LogP contribution < -0.4 is 31.5 Å². The Labute approximate surface area is 394 Å². The van der Waals surface area contributed by atoms with Crippen LogP contribution >= 0.6 is 23.1 Å². The van der Waals surface area contributed by atoms with Crippen LogP contribution in [0.2, 0.25) is 0 Å². The molecule has 1 unspecified atom stereocenters. The second kappa shape index (κ2) is 20.8. The van der Waals surface area contributed by atoms with Gasteiger partial charge in [0, 0.05) is 93.0 Å². The van der Waals surface area contributed by atoms with Gasteiger partial charge in [-0.15, -0.1) is 0 Å². The molecule has 3 saturated heterocycles. The fraction of sp³-hybridized carbons (Fsp3) is 0.388. The zero-order valence-electron chi connectivity index (χ0n) is 37.4. The summed E-state index contributed by atoms with van der Waals surface area (Å²) in [6.07, 6.45) is 8.37. The van der Waals surface area contributed by atoms with Crippen molar-refractivity contribution in [2.24, 2.45) is 0 Å². The molecule has 344 valence electrons. The second-order valence-electron chi connectivity index (χ2n) is 17.5. The molecule has 66 heavy (non-hydrogen) atoms. The third kappa shape index (κ3) is 11.0. The van der Waals surface area contributed by atoms with Gasteiger partial charge in [-0.05, 0) is 122 Å². The first-order valence-corrected chi connectivity index (χ1v) is 26.0. The molecule has 4 aliphatic rings. The Hall–Kier alpha value is -5.85. The van der Waals surface area contributed by atoms with Crippen molar-refractivity contribution in [3.8, 4) is 11.8 Å². The Morgan fingerprint density at radius 3 is 2.50 bits per heavy atom. The first kappa shape index (κ1) is 46.7. The number of nitrogens with one attached hydrogen (secondary N) is 4. The van der Waals surface area contributed by atoms with Crippen LogP contribution in [0.3, 0.4) is 0 Å². The first-order valence-electron chi connectivity index (χ1n) is 22.6. The lowest BCUT2D eigenvalue weighted by molar-refractivity contribution is -0.137. The number of hydrogen-bond acceptors (Lipinski definition) is 12. The van der Waals surface area contributed by atoms with Crippen molar-refractivity contribution in [2.45, 2.75) is 63.6 Å². The fourth-order valence-corrected chi connectivity index (χ4v) is 10.7. The second-order valence-corrected chi connectivity index (χ2v) is 21.6. The van der Waals surface area contributed by atoms with Gasteiger partial charge in [0.1, 0.15) is 19.0 Å². The van der Waals surface area contributed by atoms with E-state index in [4.69, 9.17) is 4.98 Å². The highest BCUT2D eigenvalue weighted by atomic mass is 79.9. The number of piperazine rings is 1. The van der Waals surface area contributed by atoms with Gasteiger partial charge in [-0.25, -0.2) is 4.98 Å². The largest absolute Gasteiger partial charge is 0.370 e. The molecule has 3 aromatic carbocycles. The van der Waals surface area contributed by atoms with Gasteiger partial charge in [-0.2, -0.15) is 4.98 Å². The molecule has 4 aliphatic heterocycles. The average molecular weight is 976 g/mol. The molecule has 0 aliphatic carbocycles. The molecule has 0 saturated carbocycles. The van der Waals surface area contributed by atoms with Gasteiger partial charge in [0.2, 0.25) is 23.7 Å². The summed E-state index contributed by atoms with van der Waals surface area (Å²) in [6.45, 7) is 14.4. The number of imide groups is 1. The molecule has 4 aromatic rings. The molecule has 8 rings (SSSR count). The number of anilines is 6. The number of fused-ring (bicyclic) bond motifs is 1. The number of halogens is 1. The number of carbonyl (C=O) groups is 4. The Balaban J connectivity index is 0.795. The maximum Gasteiger partial charge on any atom is 0.255 e. The van der Waals surface area contributed by atoms with E-state index in [1.54, 1.807) is 30.5 Å². The molecule has 0 bridgehead atoms. The number of rotatable bonds is 14. The normalized spacial score (nSPS) is 18.3. The van der Waals surface area contributed by atoms with Crippen LogP contribution in [-0.2, 0) is 25.5 Å². The highest BCUT2D eigenvalue weighted by Crippen LogP contribution is 2.39. The van der Waals surface area contributed by atoms with E-state index >= 15 is 0 Å². The molecule has 5 heterocycles. The highest BCUT2D eigenvalue weighted by molar-refractivity contribution is 9.10. The Morgan fingerprint density at radius 1 is 0.955 bits per heavy atom. The van der Waals surface area contributed by atoms with Crippen molar-refractivity contribution in [2.75, 3.05) is 80.0 Å². The summed E-state index contributed by atoms with van der Waals surface area (Å²) in [5.41, 5.74) is 5.31. The Kier molecular flexibility index (Phi) is 14.7. The van der Waals surface area contributed by atoms with E-state index in [0.29, 0.717) is 57.9 Å². The van der Waals surface area contributed by atoms with Gasteiger partial charge in [-0.3, -0.25) is 29.4 Å². The van der Waals surface area contributed by atoms with E-state index in [0.717, 1.165) is 100 Å². The topological polar surface area (TPSA) is 172 Å². The fourth-order valence-electron chi connectivity index (χ4n) is 9.23. The number of aromatic nitrogens is 2. The van der Waals surface area contributed by atoms with Gasteiger partial charge >= 0.3 is 0 Å². The summed E-state index contributed by atoms with van der Waals surface area (Å²) in [5.74, 6) is 6.31. The summed E-state index contributed by atoms with van der Waals surface area (Å²) in [6, 6.07) is 18.8. The molecule has 1 aromatic heterocycles. The van der Waals surface area contributed by atoms with Crippen LogP contribution in [0.25, 0.3) is 0 Å². The summed E-state index contributed by atoms with van der Waals surface area (Å²) < 4.78 is 13.6. The van der Waals surface area contributed by atoms with E-state index in [9.17, 15) is 23.7 Å². The van der Waals surface area contributed by atoms with Gasteiger partial charge in [0.05, 0.1) is 21.5 Å². The van der Waals surface area contributed by atoms with Gasteiger partial charge < -0.3 is 35.2 Å². The van der Waals surface area contributed by atoms with Crippen molar-refractivity contribution in [3.05, 3.63) is 101 Å². The van der Waals surface area contributed by atoms with Crippen LogP contribution in [0, 0.1) is 11.8 Å².